The largest absolute Gasteiger partial charge is 0.478 e. The molecule has 4 N–H and O–H groups in total. The first-order chi connectivity index (χ1) is 9.47. The van der Waals surface area contributed by atoms with Gasteiger partial charge in [-0.25, -0.2) is 9.78 Å². The summed E-state index contributed by atoms with van der Waals surface area (Å²) in [5, 5.41) is 12.0. The van der Waals surface area contributed by atoms with Crippen LogP contribution in [0.5, 0.6) is 0 Å². The van der Waals surface area contributed by atoms with Gasteiger partial charge in [0.1, 0.15) is 16.5 Å². The summed E-state index contributed by atoms with van der Waals surface area (Å²) in [6.07, 6.45) is 0. The summed E-state index contributed by atoms with van der Waals surface area (Å²) in [6, 6.07) is 9.05. The number of pyridine rings is 1. The molecule has 102 valence electrons. The average molecular weight is 292 g/mol. The van der Waals surface area contributed by atoms with Crippen LogP contribution in [-0.2, 0) is 0 Å². The Morgan fingerprint density at radius 1 is 1.25 bits per heavy atom. The Kier molecular flexibility index (Phi) is 3.86. The molecular weight excluding hydrogens is 282 g/mol. The number of hydrogen-bond acceptors (Lipinski definition) is 4. The number of rotatable bonds is 4. The molecule has 0 aliphatic rings. The monoisotopic (exact) mass is 291 g/mol. The molecule has 1 aromatic heterocycles. The second-order valence-electron chi connectivity index (χ2n) is 3.91. The highest BCUT2D eigenvalue weighted by atomic mass is 35.5. The van der Waals surface area contributed by atoms with Crippen molar-refractivity contribution < 1.29 is 14.7 Å². The molecule has 6 nitrogen and oxygen atoms in total. The van der Waals surface area contributed by atoms with Crippen LogP contribution in [0.2, 0.25) is 5.15 Å². The van der Waals surface area contributed by atoms with E-state index in [0.717, 1.165) is 0 Å². The van der Waals surface area contributed by atoms with Gasteiger partial charge in [0.05, 0.1) is 0 Å². The summed E-state index contributed by atoms with van der Waals surface area (Å²) in [5.74, 6) is -1.62. The lowest BCUT2D eigenvalue weighted by Gasteiger charge is -2.09. The highest BCUT2D eigenvalue weighted by Crippen LogP contribution is 2.22. The minimum absolute atomic E-state index is 0.0288. The molecule has 1 aromatic carbocycles. The Bertz CT molecular complexity index is 688. The van der Waals surface area contributed by atoms with E-state index in [1.165, 1.54) is 18.2 Å². The number of benzene rings is 1. The number of carbonyl (C=O) groups is 2. The topological polar surface area (TPSA) is 105 Å². The van der Waals surface area contributed by atoms with Gasteiger partial charge in [0.2, 0.25) is 5.91 Å². The van der Waals surface area contributed by atoms with Gasteiger partial charge in [0.25, 0.3) is 0 Å². The molecule has 0 spiro atoms. The zero-order valence-electron chi connectivity index (χ0n) is 10.1. The third kappa shape index (κ3) is 3.04. The first kappa shape index (κ1) is 13.8. The molecule has 0 unspecified atom stereocenters. The molecule has 0 atom stereocenters. The van der Waals surface area contributed by atoms with Crippen LogP contribution in [0.15, 0.2) is 36.4 Å². The molecule has 0 aliphatic carbocycles. The van der Waals surface area contributed by atoms with Crippen LogP contribution in [0.1, 0.15) is 20.7 Å². The summed E-state index contributed by atoms with van der Waals surface area (Å²) >= 11 is 5.75. The average Bonchev–Trinajstić information content (AvgIpc) is 2.38. The van der Waals surface area contributed by atoms with E-state index in [9.17, 15) is 9.59 Å². The highest BCUT2D eigenvalue weighted by Gasteiger charge is 2.12. The number of primary amides is 1. The molecule has 0 fully saturated rings. The maximum Gasteiger partial charge on any atom is 0.339 e. The van der Waals surface area contributed by atoms with E-state index in [-0.39, 0.29) is 16.5 Å². The molecule has 1 heterocycles. The van der Waals surface area contributed by atoms with Gasteiger partial charge in [-0.1, -0.05) is 17.7 Å². The first-order valence-electron chi connectivity index (χ1n) is 5.54. The quantitative estimate of drug-likeness (QED) is 0.749. The maximum atomic E-state index is 11.1. The fraction of sp³-hybridized carbons (Fsp3) is 0. The van der Waals surface area contributed by atoms with Crippen molar-refractivity contribution in [3.8, 4) is 0 Å². The lowest BCUT2D eigenvalue weighted by atomic mass is 10.2. The van der Waals surface area contributed by atoms with Crippen molar-refractivity contribution in [3.63, 3.8) is 0 Å². The fourth-order valence-electron chi connectivity index (χ4n) is 1.59. The second-order valence-corrected chi connectivity index (χ2v) is 4.29. The Labute approximate surface area is 119 Å². The van der Waals surface area contributed by atoms with Crippen molar-refractivity contribution in [2.45, 2.75) is 0 Å². The van der Waals surface area contributed by atoms with Gasteiger partial charge >= 0.3 is 5.97 Å². The Morgan fingerprint density at radius 2 is 2.00 bits per heavy atom. The molecule has 20 heavy (non-hydrogen) atoms. The number of carboxylic acid groups (broad SMARTS) is 1. The van der Waals surface area contributed by atoms with Gasteiger partial charge in [0, 0.05) is 11.3 Å². The van der Waals surface area contributed by atoms with Crippen LogP contribution in [0, 0.1) is 0 Å². The van der Waals surface area contributed by atoms with Crippen molar-refractivity contribution in [1.29, 1.82) is 0 Å². The number of nitrogens with two attached hydrogens (primary N) is 1. The number of aromatic nitrogens is 1. The van der Waals surface area contributed by atoms with Crippen LogP contribution in [0.4, 0.5) is 11.5 Å². The number of carboxylic acids is 1. The van der Waals surface area contributed by atoms with Gasteiger partial charge < -0.3 is 16.2 Å². The summed E-state index contributed by atoms with van der Waals surface area (Å²) in [4.78, 5) is 26.1. The van der Waals surface area contributed by atoms with Crippen molar-refractivity contribution in [2.75, 3.05) is 5.32 Å². The molecule has 0 radical (unpaired) electrons. The van der Waals surface area contributed by atoms with Gasteiger partial charge in [0.15, 0.2) is 0 Å². The van der Waals surface area contributed by atoms with Crippen LogP contribution in [0.3, 0.4) is 0 Å². The summed E-state index contributed by atoms with van der Waals surface area (Å²) in [5.41, 5.74) is 5.94. The normalized spacial score (nSPS) is 10.1. The number of nitrogens with one attached hydrogen (secondary N) is 1. The van der Waals surface area contributed by atoms with E-state index in [1.807, 2.05) is 0 Å². The molecule has 0 saturated carbocycles. The maximum absolute atomic E-state index is 11.1. The van der Waals surface area contributed by atoms with Crippen molar-refractivity contribution in [2.24, 2.45) is 5.73 Å². The van der Waals surface area contributed by atoms with E-state index >= 15 is 0 Å². The smallest absolute Gasteiger partial charge is 0.339 e. The van der Waals surface area contributed by atoms with Gasteiger partial charge in [-0.05, 0) is 30.3 Å². The van der Waals surface area contributed by atoms with E-state index in [2.05, 4.69) is 10.3 Å². The predicted octanol–water partition coefficient (Wildman–Crippen LogP) is 2.28. The van der Waals surface area contributed by atoms with Crippen LogP contribution < -0.4 is 11.1 Å². The number of halogens is 1. The van der Waals surface area contributed by atoms with Crippen LogP contribution in [-0.4, -0.2) is 22.0 Å². The lowest BCUT2D eigenvalue weighted by molar-refractivity contribution is 0.0697. The third-order valence-electron chi connectivity index (χ3n) is 2.50. The number of anilines is 2. The second kappa shape index (κ2) is 5.58. The van der Waals surface area contributed by atoms with Gasteiger partial charge in [-0.2, -0.15) is 0 Å². The summed E-state index contributed by atoms with van der Waals surface area (Å²) in [6.45, 7) is 0. The van der Waals surface area contributed by atoms with Gasteiger partial charge in [-0.3, -0.25) is 4.79 Å². The highest BCUT2D eigenvalue weighted by molar-refractivity contribution is 6.29. The predicted molar refractivity (Wildman–Crippen MR) is 74.4 cm³/mol. The molecule has 2 aromatic rings. The first-order valence-corrected chi connectivity index (χ1v) is 5.92. The Hall–Kier alpha value is -2.60. The molecule has 0 aliphatic heterocycles. The zero-order valence-corrected chi connectivity index (χ0v) is 10.9. The van der Waals surface area contributed by atoms with Crippen LogP contribution >= 0.6 is 11.6 Å². The summed E-state index contributed by atoms with van der Waals surface area (Å²) < 4.78 is 0. The Morgan fingerprint density at radius 3 is 2.65 bits per heavy atom. The van der Waals surface area contributed by atoms with Crippen molar-refractivity contribution >= 4 is 35.0 Å². The van der Waals surface area contributed by atoms with E-state index < -0.39 is 11.9 Å². The number of nitrogens with zero attached hydrogens (tertiary/aromatic N) is 1. The van der Waals surface area contributed by atoms with Crippen molar-refractivity contribution in [3.05, 3.63) is 52.7 Å². The molecule has 2 rings (SSSR count). The van der Waals surface area contributed by atoms with E-state index in [1.54, 1.807) is 18.2 Å². The standard InChI is InChI=1S/C13H10ClN3O3/c14-10-5-4-9(13(19)20)12(17-10)16-8-3-1-2-7(6-8)11(15)18/h1-6H,(H2,15,18)(H,16,17)(H,19,20). The molecule has 1 amide bonds. The fourth-order valence-corrected chi connectivity index (χ4v) is 1.74. The molecule has 7 heteroatoms. The van der Waals surface area contributed by atoms with Gasteiger partial charge in [-0.15, -0.1) is 0 Å². The summed E-state index contributed by atoms with van der Waals surface area (Å²) in [7, 11) is 0. The van der Waals surface area contributed by atoms with Crippen LogP contribution in [0.25, 0.3) is 0 Å². The minimum atomic E-state index is -1.14. The molecule has 0 bridgehead atoms. The number of amides is 1. The number of aromatic carboxylic acids is 1. The van der Waals surface area contributed by atoms with Crippen molar-refractivity contribution in [1.82, 2.24) is 4.98 Å². The third-order valence-corrected chi connectivity index (χ3v) is 2.71. The minimum Gasteiger partial charge on any atom is -0.478 e. The molecular formula is C13H10ClN3O3. The molecule has 0 saturated heterocycles. The lowest BCUT2D eigenvalue weighted by Crippen LogP contribution is -2.11. The zero-order chi connectivity index (χ0) is 14.7. The van der Waals surface area contributed by atoms with E-state index in [0.29, 0.717) is 11.3 Å². The number of hydrogen-bond donors (Lipinski definition) is 3. The Balaban J connectivity index is 2.39. The number of carbonyl (C=O) groups excluding carboxylic acids is 1. The SMILES string of the molecule is NC(=O)c1cccc(Nc2nc(Cl)ccc2C(=O)O)c1. The van der Waals surface area contributed by atoms with E-state index in [4.69, 9.17) is 22.4 Å².